The number of methoxy groups -OCH3 is 3. The number of anilines is 1. The standard InChI is InChI=1S/C25H28N2O6S/c1-17-14-20(11-13-22(17)31-2)34(29,30)27-21(15-18-8-6-5-7-9-18)25(28)26-19-10-12-23(32-3)24(16-19)33-4/h5-14,16,21,27H,15H2,1-4H3,(H,26,28)/t21-/m1/s1. The maximum atomic E-state index is 13.2. The summed E-state index contributed by atoms with van der Waals surface area (Å²) < 4.78 is 44.6. The fourth-order valence-corrected chi connectivity index (χ4v) is 4.73. The molecule has 0 aromatic heterocycles. The summed E-state index contributed by atoms with van der Waals surface area (Å²) in [5, 5.41) is 2.77. The minimum atomic E-state index is -4.00. The molecular weight excluding hydrogens is 456 g/mol. The third kappa shape index (κ3) is 6.06. The first-order valence-corrected chi connectivity index (χ1v) is 12.0. The van der Waals surface area contributed by atoms with Gasteiger partial charge in [0.2, 0.25) is 15.9 Å². The van der Waals surface area contributed by atoms with E-state index in [-0.39, 0.29) is 11.3 Å². The van der Waals surface area contributed by atoms with Gasteiger partial charge in [0.1, 0.15) is 11.8 Å². The van der Waals surface area contributed by atoms with Crippen molar-refractivity contribution in [1.82, 2.24) is 4.72 Å². The highest BCUT2D eigenvalue weighted by atomic mass is 32.2. The summed E-state index contributed by atoms with van der Waals surface area (Å²) in [6.07, 6.45) is 0.161. The summed E-state index contributed by atoms with van der Waals surface area (Å²) in [6, 6.07) is 17.6. The van der Waals surface area contributed by atoms with E-state index in [0.717, 1.165) is 5.56 Å². The van der Waals surface area contributed by atoms with E-state index in [1.807, 2.05) is 30.3 Å². The van der Waals surface area contributed by atoms with Crippen molar-refractivity contribution in [3.05, 3.63) is 77.9 Å². The van der Waals surface area contributed by atoms with Crippen molar-refractivity contribution in [1.29, 1.82) is 0 Å². The van der Waals surface area contributed by atoms with Gasteiger partial charge in [-0.2, -0.15) is 4.72 Å². The zero-order valence-corrected chi connectivity index (χ0v) is 20.3. The van der Waals surface area contributed by atoms with Gasteiger partial charge in [-0.3, -0.25) is 4.79 Å². The first-order chi connectivity index (χ1) is 16.3. The molecule has 0 unspecified atom stereocenters. The van der Waals surface area contributed by atoms with Crippen LogP contribution in [0.1, 0.15) is 11.1 Å². The summed E-state index contributed by atoms with van der Waals surface area (Å²) in [6.45, 7) is 1.75. The van der Waals surface area contributed by atoms with Gasteiger partial charge in [-0.05, 0) is 54.8 Å². The van der Waals surface area contributed by atoms with Crippen molar-refractivity contribution in [3.63, 3.8) is 0 Å². The second kappa shape index (κ2) is 11.0. The molecule has 0 bridgehead atoms. The lowest BCUT2D eigenvalue weighted by Crippen LogP contribution is -2.45. The van der Waals surface area contributed by atoms with Crippen molar-refractivity contribution >= 4 is 21.6 Å². The van der Waals surface area contributed by atoms with Crippen LogP contribution in [0.3, 0.4) is 0 Å². The molecule has 0 heterocycles. The molecule has 1 amide bonds. The Kier molecular flexibility index (Phi) is 8.14. The molecule has 0 aliphatic rings. The van der Waals surface area contributed by atoms with Crippen LogP contribution in [-0.4, -0.2) is 41.7 Å². The van der Waals surface area contributed by atoms with Gasteiger partial charge in [0.15, 0.2) is 11.5 Å². The lowest BCUT2D eigenvalue weighted by molar-refractivity contribution is -0.117. The average molecular weight is 485 g/mol. The van der Waals surface area contributed by atoms with Crippen LogP contribution in [0.5, 0.6) is 17.2 Å². The molecule has 2 N–H and O–H groups in total. The lowest BCUT2D eigenvalue weighted by Gasteiger charge is -2.20. The van der Waals surface area contributed by atoms with E-state index in [1.54, 1.807) is 31.2 Å². The molecule has 0 spiro atoms. The fourth-order valence-electron chi connectivity index (χ4n) is 3.45. The Hall–Kier alpha value is -3.56. The normalized spacial score (nSPS) is 12.0. The minimum absolute atomic E-state index is 0.0442. The first-order valence-electron chi connectivity index (χ1n) is 10.5. The van der Waals surface area contributed by atoms with Crippen LogP contribution in [-0.2, 0) is 21.2 Å². The predicted molar refractivity (Wildman–Crippen MR) is 130 cm³/mol. The molecular formula is C25H28N2O6S. The van der Waals surface area contributed by atoms with Gasteiger partial charge < -0.3 is 19.5 Å². The monoisotopic (exact) mass is 484 g/mol. The number of hydrogen-bond donors (Lipinski definition) is 2. The molecule has 0 fully saturated rings. The first kappa shape index (κ1) is 25.1. The number of sulfonamides is 1. The average Bonchev–Trinajstić information content (AvgIpc) is 2.84. The van der Waals surface area contributed by atoms with E-state index in [9.17, 15) is 13.2 Å². The molecule has 0 saturated carbocycles. The Labute approximate surface area is 199 Å². The van der Waals surface area contributed by atoms with E-state index in [4.69, 9.17) is 14.2 Å². The maximum Gasteiger partial charge on any atom is 0.242 e. The molecule has 0 aliphatic carbocycles. The van der Waals surface area contributed by atoms with Gasteiger partial charge in [-0.25, -0.2) is 8.42 Å². The lowest BCUT2D eigenvalue weighted by atomic mass is 10.1. The largest absolute Gasteiger partial charge is 0.496 e. The van der Waals surface area contributed by atoms with Crippen molar-refractivity contribution in [2.24, 2.45) is 0 Å². The Morgan fingerprint density at radius 3 is 2.12 bits per heavy atom. The van der Waals surface area contributed by atoms with E-state index in [2.05, 4.69) is 10.0 Å². The van der Waals surface area contributed by atoms with Gasteiger partial charge in [-0.15, -0.1) is 0 Å². The molecule has 8 nitrogen and oxygen atoms in total. The summed E-state index contributed by atoms with van der Waals surface area (Å²) in [7, 11) is 0.526. The van der Waals surface area contributed by atoms with Gasteiger partial charge in [0, 0.05) is 11.8 Å². The van der Waals surface area contributed by atoms with E-state index < -0.39 is 22.0 Å². The van der Waals surface area contributed by atoms with Crippen molar-refractivity contribution in [2.45, 2.75) is 24.3 Å². The number of aryl methyl sites for hydroxylation is 1. The highest BCUT2D eigenvalue weighted by Crippen LogP contribution is 2.30. The molecule has 0 saturated heterocycles. The second-order valence-corrected chi connectivity index (χ2v) is 9.27. The highest BCUT2D eigenvalue weighted by molar-refractivity contribution is 7.89. The molecule has 180 valence electrons. The molecule has 3 aromatic carbocycles. The van der Waals surface area contributed by atoms with E-state index in [0.29, 0.717) is 28.5 Å². The fraction of sp³-hybridized carbons (Fsp3) is 0.240. The zero-order valence-electron chi connectivity index (χ0n) is 19.5. The Morgan fingerprint density at radius 1 is 0.853 bits per heavy atom. The number of hydrogen-bond acceptors (Lipinski definition) is 6. The second-order valence-electron chi connectivity index (χ2n) is 7.55. The molecule has 3 aromatic rings. The molecule has 3 rings (SSSR count). The number of nitrogens with one attached hydrogen (secondary N) is 2. The molecule has 34 heavy (non-hydrogen) atoms. The van der Waals surface area contributed by atoms with Crippen molar-refractivity contribution in [3.8, 4) is 17.2 Å². The zero-order chi connectivity index (χ0) is 24.7. The Balaban J connectivity index is 1.89. The Morgan fingerprint density at radius 2 is 1.50 bits per heavy atom. The summed E-state index contributed by atoms with van der Waals surface area (Å²) in [5.74, 6) is 1.02. The topological polar surface area (TPSA) is 103 Å². The van der Waals surface area contributed by atoms with Crippen LogP contribution in [0.4, 0.5) is 5.69 Å². The van der Waals surface area contributed by atoms with E-state index >= 15 is 0 Å². The summed E-state index contributed by atoms with van der Waals surface area (Å²) in [5.41, 5.74) is 1.92. The van der Waals surface area contributed by atoms with Crippen LogP contribution in [0.25, 0.3) is 0 Å². The third-order valence-electron chi connectivity index (χ3n) is 5.22. The van der Waals surface area contributed by atoms with Crippen LogP contribution < -0.4 is 24.2 Å². The maximum absolute atomic E-state index is 13.2. The highest BCUT2D eigenvalue weighted by Gasteiger charge is 2.27. The summed E-state index contributed by atoms with van der Waals surface area (Å²) in [4.78, 5) is 13.3. The number of carbonyl (C=O) groups is 1. The number of carbonyl (C=O) groups excluding carboxylic acids is 1. The predicted octanol–water partition coefficient (Wildman–Crippen LogP) is 3.55. The number of amides is 1. The van der Waals surface area contributed by atoms with Gasteiger partial charge in [0.05, 0.1) is 26.2 Å². The minimum Gasteiger partial charge on any atom is -0.496 e. The number of benzene rings is 3. The smallest absolute Gasteiger partial charge is 0.242 e. The van der Waals surface area contributed by atoms with Gasteiger partial charge in [-0.1, -0.05) is 30.3 Å². The third-order valence-corrected chi connectivity index (χ3v) is 6.69. The van der Waals surface area contributed by atoms with Crippen LogP contribution in [0.2, 0.25) is 0 Å². The van der Waals surface area contributed by atoms with Crippen molar-refractivity contribution in [2.75, 3.05) is 26.6 Å². The molecule has 0 aliphatic heterocycles. The molecule has 0 radical (unpaired) electrons. The molecule has 9 heteroatoms. The van der Waals surface area contributed by atoms with Crippen molar-refractivity contribution < 1.29 is 27.4 Å². The number of ether oxygens (including phenoxy) is 3. The molecule has 1 atom stereocenters. The van der Waals surface area contributed by atoms with E-state index in [1.165, 1.54) is 33.5 Å². The SMILES string of the molecule is COc1ccc(S(=O)(=O)N[C@H](Cc2ccccc2)C(=O)Nc2ccc(OC)c(OC)c2)cc1C. The van der Waals surface area contributed by atoms with Gasteiger partial charge in [0.25, 0.3) is 0 Å². The summed E-state index contributed by atoms with van der Waals surface area (Å²) >= 11 is 0. The number of rotatable bonds is 10. The van der Waals surface area contributed by atoms with Crippen LogP contribution in [0.15, 0.2) is 71.6 Å². The van der Waals surface area contributed by atoms with Crippen LogP contribution in [0, 0.1) is 6.92 Å². The van der Waals surface area contributed by atoms with Crippen LogP contribution >= 0.6 is 0 Å². The Bertz CT molecular complexity index is 1250. The quantitative estimate of drug-likeness (QED) is 0.456. The van der Waals surface area contributed by atoms with Gasteiger partial charge >= 0.3 is 0 Å².